The van der Waals surface area contributed by atoms with Crippen LogP contribution in [0.4, 0.5) is 0 Å². The Morgan fingerprint density at radius 1 is 1.24 bits per heavy atom. The number of allylic oxidation sites excluding steroid dienone is 1. The largest absolute Gasteiger partial charge is 0.468 e. The van der Waals surface area contributed by atoms with Crippen molar-refractivity contribution in [1.29, 1.82) is 0 Å². The van der Waals surface area contributed by atoms with Crippen LogP contribution in [0.15, 0.2) is 12.2 Å². The number of esters is 2. The average Bonchev–Trinajstić information content (AvgIpc) is 2.32. The lowest BCUT2D eigenvalue weighted by Gasteiger charge is -2.30. The molecule has 1 unspecified atom stereocenters. The second-order valence-corrected chi connectivity index (χ2v) is 4.58. The molecule has 4 nitrogen and oxygen atoms in total. The van der Waals surface area contributed by atoms with Crippen LogP contribution in [-0.2, 0) is 19.1 Å². The molecule has 0 amide bonds. The first kappa shape index (κ1) is 15.7. The second-order valence-electron chi connectivity index (χ2n) is 4.58. The lowest BCUT2D eigenvalue weighted by molar-refractivity contribution is -0.171. The predicted octanol–water partition coefficient (Wildman–Crippen LogP) is 2.33. The number of ether oxygens (including phenoxy) is 2. The Kier molecular flexibility index (Phi) is 5.93. The third-order valence-electron chi connectivity index (χ3n) is 3.21. The standard InChI is InChI=1S/C13H22O4/c1-9(2)7-8-10(3)13(4,11(14)16-5)12(15)17-6/h10H,1,7-8H2,2-6H3. The van der Waals surface area contributed by atoms with Gasteiger partial charge in [0.05, 0.1) is 14.2 Å². The second kappa shape index (κ2) is 6.42. The molecule has 0 spiro atoms. The summed E-state index contributed by atoms with van der Waals surface area (Å²) in [4.78, 5) is 23.5. The molecular formula is C13H22O4. The van der Waals surface area contributed by atoms with Crippen molar-refractivity contribution in [2.75, 3.05) is 14.2 Å². The summed E-state index contributed by atoms with van der Waals surface area (Å²) < 4.78 is 9.41. The molecule has 0 saturated heterocycles. The van der Waals surface area contributed by atoms with Crippen LogP contribution in [-0.4, -0.2) is 26.2 Å². The van der Waals surface area contributed by atoms with Gasteiger partial charge in [0.25, 0.3) is 0 Å². The third kappa shape index (κ3) is 3.58. The Hall–Kier alpha value is -1.32. The van der Waals surface area contributed by atoms with Crippen LogP contribution in [0.3, 0.4) is 0 Å². The molecule has 0 rings (SSSR count). The minimum atomic E-state index is -1.25. The maximum Gasteiger partial charge on any atom is 0.323 e. The molecule has 0 aromatic rings. The van der Waals surface area contributed by atoms with Crippen LogP contribution in [0.5, 0.6) is 0 Å². The van der Waals surface area contributed by atoms with Crippen molar-refractivity contribution in [1.82, 2.24) is 0 Å². The smallest absolute Gasteiger partial charge is 0.323 e. The minimum absolute atomic E-state index is 0.168. The number of rotatable bonds is 6. The maximum absolute atomic E-state index is 11.8. The Morgan fingerprint density at radius 3 is 1.94 bits per heavy atom. The average molecular weight is 242 g/mol. The molecule has 0 radical (unpaired) electrons. The highest BCUT2D eigenvalue weighted by Gasteiger charge is 2.48. The SMILES string of the molecule is C=C(C)CCC(C)C(C)(C(=O)OC)C(=O)OC. The molecule has 1 atom stereocenters. The van der Waals surface area contributed by atoms with E-state index in [1.165, 1.54) is 14.2 Å². The van der Waals surface area contributed by atoms with E-state index in [2.05, 4.69) is 6.58 Å². The summed E-state index contributed by atoms with van der Waals surface area (Å²) in [5.41, 5.74) is -0.229. The molecule has 0 aromatic carbocycles. The Morgan fingerprint density at radius 2 is 1.65 bits per heavy atom. The van der Waals surface area contributed by atoms with Gasteiger partial charge in [-0.3, -0.25) is 9.59 Å². The van der Waals surface area contributed by atoms with Gasteiger partial charge in [-0.15, -0.1) is 6.58 Å². The molecule has 98 valence electrons. The van der Waals surface area contributed by atoms with Crippen molar-refractivity contribution in [3.8, 4) is 0 Å². The highest BCUT2D eigenvalue weighted by Crippen LogP contribution is 2.34. The lowest BCUT2D eigenvalue weighted by Crippen LogP contribution is -2.43. The van der Waals surface area contributed by atoms with Crippen LogP contribution < -0.4 is 0 Å². The summed E-state index contributed by atoms with van der Waals surface area (Å²) in [6.45, 7) is 9.13. The van der Waals surface area contributed by atoms with Gasteiger partial charge in [-0.2, -0.15) is 0 Å². The molecule has 0 fully saturated rings. The monoisotopic (exact) mass is 242 g/mol. The van der Waals surface area contributed by atoms with Gasteiger partial charge in [0, 0.05) is 0 Å². The molecule has 4 heteroatoms. The molecule has 0 aliphatic heterocycles. The first-order valence-electron chi connectivity index (χ1n) is 5.61. The molecule has 0 saturated carbocycles. The van der Waals surface area contributed by atoms with E-state index >= 15 is 0 Å². The highest BCUT2D eigenvalue weighted by molar-refractivity contribution is 5.99. The van der Waals surface area contributed by atoms with Crippen LogP contribution in [0.2, 0.25) is 0 Å². The van der Waals surface area contributed by atoms with E-state index in [9.17, 15) is 9.59 Å². The fourth-order valence-corrected chi connectivity index (χ4v) is 1.66. The molecule has 0 aliphatic rings. The molecule has 0 aliphatic carbocycles. The zero-order valence-corrected chi connectivity index (χ0v) is 11.3. The van der Waals surface area contributed by atoms with E-state index < -0.39 is 17.4 Å². The van der Waals surface area contributed by atoms with Crippen molar-refractivity contribution in [3.05, 3.63) is 12.2 Å². The summed E-state index contributed by atoms with van der Waals surface area (Å²) in [5, 5.41) is 0. The van der Waals surface area contributed by atoms with Gasteiger partial charge in [0.15, 0.2) is 5.41 Å². The van der Waals surface area contributed by atoms with E-state index in [0.717, 1.165) is 12.0 Å². The van der Waals surface area contributed by atoms with E-state index in [1.807, 2.05) is 13.8 Å². The molecule has 0 bridgehead atoms. The number of carbonyl (C=O) groups excluding carboxylic acids is 2. The summed E-state index contributed by atoms with van der Waals surface area (Å²) in [6.07, 6.45) is 1.46. The van der Waals surface area contributed by atoms with E-state index in [4.69, 9.17) is 9.47 Å². The first-order valence-corrected chi connectivity index (χ1v) is 5.61. The predicted molar refractivity (Wildman–Crippen MR) is 65.4 cm³/mol. The quantitative estimate of drug-likeness (QED) is 0.407. The number of carbonyl (C=O) groups is 2. The van der Waals surface area contributed by atoms with Crippen LogP contribution in [0.1, 0.15) is 33.6 Å². The van der Waals surface area contributed by atoms with Crippen molar-refractivity contribution < 1.29 is 19.1 Å². The van der Waals surface area contributed by atoms with Gasteiger partial charge in [-0.25, -0.2) is 0 Å². The lowest BCUT2D eigenvalue weighted by atomic mass is 9.75. The Labute approximate surface area is 103 Å². The number of hydrogen-bond donors (Lipinski definition) is 0. The minimum Gasteiger partial charge on any atom is -0.468 e. The molecule has 0 aromatic heterocycles. The topological polar surface area (TPSA) is 52.6 Å². The Bertz CT molecular complexity index is 291. The zero-order chi connectivity index (χ0) is 13.6. The van der Waals surface area contributed by atoms with Gasteiger partial charge in [-0.1, -0.05) is 12.5 Å². The van der Waals surface area contributed by atoms with E-state index in [1.54, 1.807) is 6.92 Å². The van der Waals surface area contributed by atoms with E-state index in [0.29, 0.717) is 6.42 Å². The van der Waals surface area contributed by atoms with Crippen LogP contribution in [0.25, 0.3) is 0 Å². The fraction of sp³-hybridized carbons (Fsp3) is 0.692. The molecule has 17 heavy (non-hydrogen) atoms. The summed E-state index contributed by atoms with van der Waals surface area (Å²) >= 11 is 0. The van der Waals surface area contributed by atoms with E-state index in [-0.39, 0.29) is 5.92 Å². The summed E-state index contributed by atoms with van der Waals surface area (Å²) in [7, 11) is 2.55. The van der Waals surface area contributed by atoms with Gasteiger partial charge >= 0.3 is 11.9 Å². The van der Waals surface area contributed by atoms with Crippen molar-refractivity contribution in [2.24, 2.45) is 11.3 Å². The molecular weight excluding hydrogens is 220 g/mol. The summed E-state index contributed by atoms with van der Waals surface area (Å²) in [6, 6.07) is 0. The van der Waals surface area contributed by atoms with Gasteiger partial charge < -0.3 is 9.47 Å². The van der Waals surface area contributed by atoms with Gasteiger partial charge in [0.2, 0.25) is 0 Å². The first-order chi connectivity index (χ1) is 7.80. The van der Waals surface area contributed by atoms with Crippen molar-refractivity contribution >= 4 is 11.9 Å². The maximum atomic E-state index is 11.8. The summed E-state index contributed by atoms with van der Waals surface area (Å²) in [5.74, 6) is -1.28. The molecule has 0 heterocycles. The van der Waals surface area contributed by atoms with Gasteiger partial charge in [-0.05, 0) is 32.6 Å². The van der Waals surface area contributed by atoms with Gasteiger partial charge in [0.1, 0.15) is 0 Å². The highest BCUT2D eigenvalue weighted by atomic mass is 16.5. The third-order valence-corrected chi connectivity index (χ3v) is 3.21. The Balaban J connectivity index is 4.97. The van der Waals surface area contributed by atoms with Crippen molar-refractivity contribution in [3.63, 3.8) is 0 Å². The molecule has 0 N–H and O–H groups in total. The number of methoxy groups -OCH3 is 2. The number of hydrogen-bond acceptors (Lipinski definition) is 4. The van der Waals surface area contributed by atoms with Crippen LogP contribution in [0, 0.1) is 11.3 Å². The zero-order valence-electron chi connectivity index (χ0n) is 11.3. The van der Waals surface area contributed by atoms with Crippen molar-refractivity contribution in [2.45, 2.75) is 33.6 Å². The van der Waals surface area contributed by atoms with Crippen LogP contribution >= 0.6 is 0 Å². The fourth-order valence-electron chi connectivity index (χ4n) is 1.66. The normalized spacial score (nSPS) is 12.8.